The van der Waals surface area contributed by atoms with Gasteiger partial charge in [0.2, 0.25) is 0 Å². The van der Waals surface area contributed by atoms with Gasteiger partial charge in [-0.2, -0.15) is 26.3 Å². The number of carbonyl (C=O) groups is 2. The summed E-state index contributed by atoms with van der Waals surface area (Å²) in [5.41, 5.74) is 3.25. The first-order valence-electron chi connectivity index (χ1n) is 15.6. The lowest BCUT2D eigenvalue weighted by atomic mass is 10.1. The molecule has 0 unspecified atom stereocenters. The topological polar surface area (TPSA) is 123 Å². The van der Waals surface area contributed by atoms with Crippen LogP contribution in [0.4, 0.5) is 41.7 Å². The summed E-state index contributed by atoms with van der Waals surface area (Å²) in [5, 5.41) is 3.16. The zero-order valence-electron chi connectivity index (χ0n) is 28.4. The number of amides is 2. The van der Waals surface area contributed by atoms with E-state index in [0.29, 0.717) is 37.9 Å². The largest absolute Gasteiger partial charge is 0.444 e. The maximum Gasteiger partial charge on any atom is 0.417 e. The molecule has 10 nitrogen and oxygen atoms in total. The monoisotopic (exact) mass is 726 g/mol. The molecule has 0 aromatic carbocycles. The smallest absolute Gasteiger partial charge is 0.417 e. The minimum absolute atomic E-state index is 0.0537. The fourth-order valence-electron chi connectivity index (χ4n) is 4.34. The molecule has 2 amide bonds. The number of aromatic nitrogens is 2. The average molecular weight is 727 g/mol. The maximum atomic E-state index is 12.5. The number of pyridine rings is 2. The summed E-state index contributed by atoms with van der Waals surface area (Å²) in [5.74, 6) is 0.402. The Kier molecular flexibility index (Phi) is 14.8. The predicted octanol–water partition coefficient (Wildman–Crippen LogP) is 8.01. The van der Waals surface area contributed by atoms with E-state index >= 15 is 0 Å². The van der Waals surface area contributed by atoms with Crippen LogP contribution in [0.15, 0.2) is 36.7 Å². The van der Waals surface area contributed by atoms with Crippen molar-refractivity contribution in [2.45, 2.75) is 103 Å². The number of nitrogens with one attached hydrogen (secondary N) is 1. The summed E-state index contributed by atoms with van der Waals surface area (Å²) in [4.78, 5) is 34.0. The number of likely N-dealkylation sites (tertiary alicyclic amines) is 2. The molecule has 4 rings (SSSR count). The van der Waals surface area contributed by atoms with Gasteiger partial charge < -0.3 is 30.3 Å². The first-order valence-corrected chi connectivity index (χ1v) is 16.0. The van der Waals surface area contributed by atoms with Gasteiger partial charge in [-0.05, 0) is 91.5 Å². The first-order chi connectivity index (χ1) is 22.4. The van der Waals surface area contributed by atoms with Crippen molar-refractivity contribution in [1.82, 2.24) is 19.8 Å². The van der Waals surface area contributed by atoms with Gasteiger partial charge >= 0.3 is 24.5 Å². The second-order valence-electron chi connectivity index (χ2n) is 13.5. The Morgan fingerprint density at radius 3 is 1.49 bits per heavy atom. The molecule has 276 valence electrons. The van der Waals surface area contributed by atoms with Crippen molar-refractivity contribution in [3.05, 3.63) is 52.9 Å². The van der Waals surface area contributed by atoms with Crippen LogP contribution >= 0.6 is 11.6 Å². The molecule has 0 saturated carbocycles. The summed E-state index contributed by atoms with van der Waals surface area (Å²) in [6, 6.07) is 4.62. The molecule has 0 radical (unpaired) electrons. The Morgan fingerprint density at radius 1 is 0.735 bits per heavy atom. The summed E-state index contributed by atoms with van der Waals surface area (Å²) in [7, 11) is 0. The van der Waals surface area contributed by atoms with Gasteiger partial charge in [-0.1, -0.05) is 11.6 Å². The van der Waals surface area contributed by atoms with Crippen molar-refractivity contribution in [1.29, 1.82) is 0 Å². The average Bonchev–Trinajstić information content (AvgIpc) is 2.96. The highest BCUT2D eigenvalue weighted by atomic mass is 35.5. The molecule has 0 atom stereocenters. The van der Waals surface area contributed by atoms with E-state index in [1.807, 2.05) is 41.5 Å². The molecule has 2 aliphatic heterocycles. The van der Waals surface area contributed by atoms with Crippen LogP contribution in [-0.2, 0) is 21.8 Å². The van der Waals surface area contributed by atoms with Gasteiger partial charge in [0.25, 0.3) is 0 Å². The van der Waals surface area contributed by atoms with E-state index in [4.69, 9.17) is 26.8 Å². The highest BCUT2D eigenvalue weighted by Gasteiger charge is 2.32. The van der Waals surface area contributed by atoms with Crippen molar-refractivity contribution in [3.63, 3.8) is 0 Å². The van der Waals surface area contributed by atoms with Gasteiger partial charge in [-0.15, -0.1) is 0 Å². The van der Waals surface area contributed by atoms with Crippen LogP contribution in [0.1, 0.15) is 78.4 Å². The van der Waals surface area contributed by atoms with Crippen LogP contribution in [0.2, 0.25) is 5.15 Å². The van der Waals surface area contributed by atoms with E-state index in [1.54, 1.807) is 9.80 Å². The number of nitrogens with two attached hydrogens (primary N) is 1. The van der Waals surface area contributed by atoms with E-state index in [0.717, 1.165) is 50.3 Å². The molecule has 0 spiro atoms. The lowest BCUT2D eigenvalue weighted by Crippen LogP contribution is -2.44. The molecule has 2 aromatic heterocycles. The van der Waals surface area contributed by atoms with Gasteiger partial charge in [0, 0.05) is 50.7 Å². The number of carbonyl (C=O) groups excluding carboxylic acids is 2. The molecule has 3 N–H and O–H groups in total. The highest BCUT2D eigenvalue weighted by molar-refractivity contribution is 6.29. The molecular weight excluding hydrogens is 682 g/mol. The lowest BCUT2D eigenvalue weighted by Gasteiger charge is -2.33. The third-order valence-electron chi connectivity index (χ3n) is 6.84. The fraction of sp³-hybridized carbons (Fsp3) is 0.625. The normalized spacial score (nSPS) is 16.4. The number of ether oxygens (including phenoxy) is 2. The third kappa shape index (κ3) is 16.2. The van der Waals surface area contributed by atoms with E-state index < -0.39 is 34.7 Å². The highest BCUT2D eigenvalue weighted by Crippen LogP contribution is 2.30. The summed E-state index contributed by atoms with van der Waals surface area (Å²) >= 11 is 5.28. The number of alkyl halides is 6. The maximum absolute atomic E-state index is 12.5. The molecule has 17 heteroatoms. The van der Waals surface area contributed by atoms with Crippen LogP contribution < -0.4 is 11.1 Å². The van der Waals surface area contributed by atoms with E-state index in [1.165, 1.54) is 6.07 Å². The molecule has 2 aliphatic rings. The van der Waals surface area contributed by atoms with Gasteiger partial charge in [0.1, 0.15) is 22.2 Å². The van der Waals surface area contributed by atoms with Crippen LogP contribution in [-0.4, -0.2) is 81.4 Å². The molecule has 2 saturated heterocycles. The van der Waals surface area contributed by atoms with E-state index in [2.05, 4.69) is 15.3 Å². The Balaban J connectivity index is 0.000000282. The SMILES string of the molecule is CC(C)(C)OC(=O)N1CCC(N)CC1.CC(C)(C)OC(=O)N1CCC(Nc2ccc(C(F)(F)F)cn2)CC1.FC(F)(F)c1ccc(Cl)nc1. The standard InChI is InChI=1S/C16H22F3N3O2.C10H20N2O2.C6H3ClF3N/c1-15(2,3)24-14(23)22-8-6-12(7-9-22)21-13-5-4-11(10-20-13)16(17,18)19;1-10(2,3)14-9(13)12-6-4-8(11)5-7-12;7-5-2-1-4(3-11-5)6(8,9)10/h4-5,10,12H,6-9H2,1-3H3,(H,20,21);8H,4-7,11H2,1-3H3;1-3H. The Morgan fingerprint density at radius 2 is 1.14 bits per heavy atom. The number of anilines is 1. The third-order valence-corrected chi connectivity index (χ3v) is 7.06. The van der Waals surface area contributed by atoms with Crippen LogP contribution in [0, 0.1) is 0 Å². The van der Waals surface area contributed by atoms with Crippen LogP contribution in [0.3, 0.4) is 0 Å². The predicted molar refractivity (Wildman–Crippen MR) is 173 cm³/mol. The summed E-state index contributed by atoms with van der Waals surface area (Å²) in [6.45, 7) is 13.6. The first kappa shape index (κ1) is 41.6. The molecule has 0 aliphatic carbocycles. The minimum atomic E-state index is -4.38. The Labute approximate surface area is 287 Å². The van der Waals surface area contributed by atoms with Crippen molar-refractivity contribution in [2.75, 3.05) is 31.5 Å². The zero-order chi connectivity index (χ0) is 37.2. The molecule has 4 heterocycles. The van der Waals surface area contributed by atoms with Crippen LogP contribution in [0.25, 0.3) is 0 Å². The van der Waals surface area contributed by atoms with Crippen LogP contribution in [0.5, 0.6) is 0 Å². The molecular formula is C32H45ClF6N6O4. The van der Waals surface area contributed by atoms with E-state index in [-0.39, 0.29) is 29.4 Å². The Bertz CT molecular complexity index is 1320. The number of halogens is 7. The van der Waals surface area contributed by atoms with Crippen molar-refractivity contribution < 1.29 is 45.4 Å². The number of hydrogen-bond acceptors (Lipinski definition) is 8. The molecule has 0 bridgehead atoms. The second kappa shape index (κ2) is 17.4. The quantitative estimate of drug-likeness (QED) is 0.236. The summed E-state index contributed by atoms with van der Waals surface area (Å²) in [6.07, 6.45) is -4.65. The minimum Gasteiger partial charge on any atom is -0.444 e. The Hall–Kier alpha value is -3.53. The second-order valence-corrected chi connectivity index (χ2v) is 13.9. The fourth-order valence-corrected chi connectivity index (χ4v) is 4.45. The van der Waals surface area contributed by atoms with Gasteiger partial charge in [-0.25, -0.2) is 19.6 Å². The van der Waals surface area contributed by atoms with Gasteiger partial charge in [0.15, 0.2) is 0 Å². The van der Waals surface area contributed by atoms with Gasteiger partial charge in [-0.3, -0.25) is 0 Å². The molecule has 2 fully saturated rings. The number of nitrogens with zero attached hydrogens (tertiary/aromatic N) is 4. The molecule has 2 aromatic rings. The molecule has 49 heavy (non-hydrogen) atoms. The number of hydrogen-bond donors (Lipinski definition) is 2. The summed E-state index contributed by atoms with van der Waals surface area (Å²) < 4.78 is 83.6. The van der Waals surface area contributed by atoms with E-state index in [9.17, 15) is 35.9 Å². The number of rotatable bonds is 2. The van der Waals surface area contributed by atoms with Crippen molar-refractivity contribution >= 4 is 29.6 Å². The zero-order valence-corrected chi connectivity index (χ0v) is 29.2. The number of piperidine rings is 2. The van der Waals surface area contributed by atoms with Crippen molar-refractivity contribution in [3.8, 4) is 0 Å². The van der Waals surface area contributed by atoms with Gasteiger partial charge in [0.05, 0.1) is 11.1 Å². The lowest BCUT2D eigenvalue weighted by molar-refractivity contribution is -0.138. The van der Waals surface area contributed by atoms with Crippen molar-refractivity contribution in [2.24, 2.45) is 5.73 Å².